The Kier molecular flexibility index (Phi) is 5.95. The lowest BCUT2D eigenvalue weighted by Gasteiger charge is -2.21. The van der Waals surface area contributed by atoms with Crippen LogP contribution in [0.25, 0.3) is 0 Å². The smallest absolute Gasteiger partial charge is 0.338 e. The lowest BCUT2D eigenvalue weighted by molar-refractivity contribution is -0.130. The van der Waals surface area contributed by atoms with Gasteiger partial charge in [0.1, 0.15) is 0 Å². The quantitative estimate of drug-likeness (QED) is 0.715. The van der Waals surface area contributed by atoms with Crippen LogP contribution in [-0.2, 0) is 19.6 Å². The number of likely N-dealkylation sites (tertiary alicyclic amines) is 1. The van der Waals surface area contributed by atoms with E-state index in [4.69, 9.17) is 4.74 Å². The van der Waals surface area contributed by atoms with E-state index in [1.807, 2.05) is 0 Å². The van der Waals surface area contributed by atoms with Crippen LogP contribution >= 0.6 is 0 Å². The second-order valence-electron chi connectivity index (χ2n) is 5.60. The van der Waals surface area contributed by atoms with Crippen molar-refractivity contribution in [2.75, 3.05) is 33.3 Å². The summed E-state index contributed by atoms with van der Waals surface area (Å²) in [5.74, 6) is -0.787. The first-order valence-corrected chi connectivity index (χ1v) is 9.31. The Bertz CT molecular complexity index is 711. The molecule has 1 aromatic rings. The number of amides is 1. The maximum Gasteiger partial charge on any atom is 0.338 e. The largest absolute Gasteiger partial charge is 0.462 e. The van der Waals surface area contributed by atoms with Crippen molar-refractivity contribution in [3.05, 3.63) is 29.8 Å². The normalized spacial score (nSPS) is 14.9. The number of hydrogen-bond donors (Lipinski definition) is 0. The number of hydrogen-bond acceptors (Lipinski definition) is 5. The van der Waals surface area contributed by atoms with Gasteiger partial charge < -0.3 is 9.64 Å². The zero-order chi connectivity index (χ0) is 17.7. The summed E-state index contributed by atoms with van der Waals surface area (Å²) in [6.07, 6.45) is 1.90. The van der Waals surface area contributed by atoms with E-state index in [2.05, 4.69) is 0 Å². The van der Waals surface area contributed by atoms with Gasteiger partial charge in [-0.2, -0.15) is 4.31 Å². The van der Waals surface area contributed by atoms with Crippen molar-refractivity contribution in [3.63, 3.8) is 0 Å². The van der Waals surface area contributed by atoms with Crippen LogP contribution in [0.1, 0.15) is 30.1 Å². The number of ether oxygens (including phenoxy) is 1. The second kappa shape index (κ2) is 7.76. The molecular weight excluding hydrogens is 332 g/mol. The summed E-state index contributed by atoms with van der Waals surface area (Å²) >= 11 is 0. The highest BCUT2D eigenvalue weighted by Crippen LogP contribution is 2.17. The van der Waals surface area contributed by atoms with Gasteiger partial charge >= 0.3 is 5.97 Å². The standard InChI is InChI=1S/C16H22N2O5S/c1-3-23-16(20)13-7-6-8-14(11-13)24(21,22)17(2)12-15(19)18-9-4-5-10-18/h6-8,11H,3-5,9-10,12H2,1-2H3. The zero-order valence-corrected chi connectivity index (χ0v) is 14.7. The topological polar surface area (TPSA) is 84.0 Å². The van der Waals surface area contributed by atoms with Gasteiger partial charge in [0, 0.05) is 20.1 Å². The third kappa shape index (κ3) is 4.12. The fraction of sp³-hybridized carbons (Fsp3) is 0.500. The summed E-state index contributed by atoms with van der Waals surface area (Å²) in [5, 5.41) is 0. The molecule has 1 aromatic carbocycles. The molecule has 132 valence electrons. The summed E-state index contributed by atoms with van der Waals surface area (Å²) in [5.41, 5.74) is 0.164. The monoisotopic (exact) mass is 354 g/mol. The molecule has 0 unspecified atom stereocenters. The van der Waals surface area contributed by atoms with E-state index < -0.39 is 16.0 Å². The minimum absolute atomic E-state index is 0.0372. The number of likely N-dealkylation sites (N-methyl/N-ethyl adjacent to an activating group) is 1. The first-order valence-electron chi connectivity index (χ1n) is 7.87. The average molecular weight is 354 g/mol. The van der Waals surface area contributed by atoms with Crippen LogP contribution in [0.3, 0.4) is 0 Å². The Hall–Kier alpha value is -1.93. The molecule has 0 aromatic heterocycles. The molecule has 1 amide bonds. The number of rotatable bonds is 6. The van der Waals surface area contributed by atoms with E-state index in [0.29, 0.717) is 13.1 Å². The molecule has 1 aliphatic rings. The van der Waals surface area contributed by atoms with Crippen LogP contribution in [0.4, 0.5) is 0 Å². The number of benzene rings is 1. The zero-order valence-electron chi connectivity index (χ0n) is 13.9. The van der Waals surface area contributed by atoms with Crippen molar-refractivity contribution in [2.24, 2.45) is 0 Å². The predicted molar refractivity (Wildman–Crippen MR) is 88.0 cm³/mol. The molecule has 1 saturated heterocycles. The molecule has 0 bridgehead atoms. The van der Waals surface area contributed by atoms with Crippen LogP contribution in [0.15, 0.2) is 29.2 Å². The van der Waals surface area contributed by atoms with Crippen LogP contribution in [0.5, 0.6) is 0 Å². The highest BCUT2D eigenvalue weighted by Gasteiger charge is 2.27. The van der Waals surface area contributed by atoms with Crippen molar-refractivity contribution in [3.8, 4) is 0 Å². The molecule has 1 heterocycles. The minimum atomic E-state index is -3.86. The Balaban J connectivity index is 2.15. The van der Waals surface area contributed by atoms with E-state index in [-0.39, 0.29) is 29.5 Å². The van der Waals surface area contributed by atoms with Gasteiger partial charge in [-0.3, -0.25) is 4.79 Å². The van der Waals surface area contributed by atoms with E-state index in [1.54, 1.807) is 11.8 Å². The van der Waals surface area contributed by atoms with Gasteiger partial charge in [-0.05, 0) is 38.0 Å². The van der Waals surface area contributed by atoms with Gasteiger partial charge in [0.2, 0.25) is 15.9 Å². The van der Waals surface area contributed by atoms with E-state index in [9.17, 15) is 18.0 Å². The molecule has 0 N–H and O–H groups in total. The molecule has 0 aliphatic carbocycles. The predicted octanol–water partition coefficient (Wildman–Crippen LogP) is 1.11. The van der Waals surface area contributed by atoms with Gasteiger partial charge in [0.05, 0.1) is 23.6 Å². The molecule has 1 fully saturated rings. The number of esters is 1. The number of carbonyl (C=O) groups is 2. The third-order valence-corrected chi connectivity index (χ3v) is 5.67. The Morgan fingerprint density at radius 3 is 2.54 bits per heavy atom. The Labute approximate surface area is 142 Å². The summed E-state index contributed by atoms with van der Waals surface area (Å²) in [6.45, 7) is 3.01. The van der Waals surface area contributed by atoms with E-state index >= 15 is 0 Å². The van der Waals surface area contributed by atoms with Crippen LogP contribution in [-0.4, -0.2) is 62.8 Å². The molecule has 1 aliphatic heterocycles. The van der Waals surface area contributed by atoms with Crippen molar-refractivity contribution < 1.29 is 22.7 Å². The third-order valence-electron chi connectivity index (χ3n) is 3.87. The molecule has 0 radical (unpaired) electrons. The number of nitrogens with zero attached hydrogens (tertiary/aromatic N) is 2. The van der Waals surface area contributed by atoms with Crippen molar-refractivity contribution in [1.82, 2.24) is 9.21 Å². The maximum atomic E-state index is 12.6. The van der Waals surface area contributed by atoms with E-state index in [1.165, 1.54) is 31.3 Å². The van der Waals surface area contributed by atoms with Gasteiger partial charge in [-0.1, -0.05) is 6.07 Å². The summed E-state index contributed by atoms with van der Waals surface area (Å²) in [7, 11) is -2.50. The Morgan fingerprint density at radius 2 is 1.92 bits per heavy atom. The van der Waals surface area contributed by atoms with Gasteiger partial charge in [0.15, 0.2) is 0 Å². The van der Waals surface area contributed by atoms with E-state index in [0.717, 1.165) is 17.1 Å². The highest BCUT2D eigenvalue weighted by atomic mass is 32.2. The fourth-order valence-corrected chi connectivity index (χ4v) is 3.69. The van der Waals surface area contributed by atoms with Crippen LogP contribution in [0, 0.1) is 0 Å². The average Bonchev–Trinajstić information content (AvgIpc) is 3.09. The Morgan fingerprint density at radius 1 is 1.25 bits per heavy atom. The first-order chi connectivity index (χ1) is 11.4. The summed E-state index contributed by atoms with van der Waals surface area (Å²) in [6, 6.07) is 5.64. The molecule has 0 atom stereocenters. The van der Waals surface area contributed by atoms with Gasteiger partial charge in [0.25, 0.3) is 0 Å². The maximum absolute atomic E-state index is 12.6. The molecule has 7 nitrogen and oxygen atoms in total. The lowest BCUT2D eigenvalue weighted by atomic mass is 10.2. The minimum Gasteiger partial charge on any atom is -0.462 e. The fourth-order valence-electron chi connectivity index (χ4n) is 2.52. The number of carbonyl (C=O) groups excluding carboxylic acids is 2. The summed E-state index contributed by atoms with van der Waals surface area (Å²) < 4.78 is 31.1. The summed E-state index contributed by atoms with van der Waals surface area (Å²) in [4.78, 5) is 25.5. The molecular formula is C16H22N2O5S. The van der Waals surface area contributed by atoms with Crippen molar-refractivity contribution in [1.29, 1.82) is 0 Å². The molecule has 0 spiro atoms. The van der Waals surface area contributed by atoms with Crippen LogP contribution in [0.2, 0.25) is 0 Å². The highest BCUT2D eigenvalue weighted by molar-refractivity contribution is 7.89. The molecule has 2 rings (SSSR count). The van der Waals surface area contributed by atoms with Gasteiger partial charge in [-0.15, -0.1) is 0 Å². The van der Waals surface area contributed by atoms with Crippen LogP contribution < -0.4 is 0 Å². The van der Waals surface area contributed by atoms with Crippen molar-refractivity contribution >= 4 is 21.9 Å². The van der Waals surface area contributed by atoms with Gasteiger partial charge in [-0.25, -0.2) is 13.2 Å². The number of sulfonamides is 1. The van der Waals surface area contributed by atoms with Crippen molar-refractivity contribution in [2.45, 2.75) is 24.7 Å². The molecule has 24 heavy (non-hydrogen) atoms. The lowest BCUT2D eigenvalue weighted by Crippen LogP contribution is -2.39. The second-order valence-corrected chi connectivity index (χ2v) is 7.64. The first kappa shape index (κ1) is 18.4. The molecule has 0 saturated carbocycles. The molecule has 8 heteroatoms. The SMILES string of the molecule is CCOC(=O)c1cccc(S(=O)(=O)N(C)CC(=O)N2CCCC2)c1.